The van der Waals surface area contributed by atoms with Crippen molar-refractivity contribution >= 4 is 0 Å². The minimum Gasteiger partial charge on any atom is -0.390 e. The first kappa shape index (κ1) is 11.0. The van der Waals surface area contributed by atoms with Crippen molar-refractivity contribution in [3.05, 3.63) is 0 Å². The highest BCUT2D eigenvalue weighted by Crippen LogP contribution is 2.24. The van der Waals surface area contributed by atoms with Gasteiger partial charge in [0.25, 0.3) is 0 Å². The Hall–Kier alpha value is -0.0800. The molecule has 2 atom stereocenters. The Morgan fingerprint density at radius 3 is 2.92 bits per heavy atom. The maximum Gasteiger partial charge on any atom is 0.0620 e. The highest BCUT2D eigenvalue weighted by Gasteiger charge is 2.23. The van der Waals surface area contributed by atoms with Gasteiger partial charge in [-0.05, 0) is 51.6 Å². The number of hydrogen-bond acceptors (Lipinski definition) is 2. The molecule has 1 heterocycles. The summed E-state index contributed by atoms with van der Waals surface area (Å²) in [6.07, 6.45) is 5.71. The second-order valence-corrected chi connectivity index (χ2v) is 4.62. The van der Waals surface area contributed by atoms with E-state index in [0.29, 0.717) is 5.92 Å². The van der Waals surface area contributed by atoms with Crippen LogP contribution in [0.3, 0.4) is 0 Å². The fourth-order valence-electron chi connectivity index (χ4n) is 2.03. The van der Waals surface area contributed by atoms with Crippen molar-refractivity contribution in [2.45, 2.75) is 51.6 Å². The lowest BCUT2D eigenvalue weighted by Gasteiger charge is -2.26. The molecule has 0 amide bonds. The summed E-state index contributed by atoms with van der Waals surface area (Å²) in [5, 5.41) is 13.4. The molecule has 0 aromatic heterocycles. The van der Waals surface area contributed by atoms with Crippen molar-refractivity contribution < 1.29 is 5.11 Å². The molecule has 1 rings (SSSR count). The van der Waals surface area contributed by atoms with Gasteiger partial charge in [0.05, 0.1) is 5.60 Å². The molecule has 2 nitrogen and oxygen atoms in total. The van der Waals surface area contributed by atoms with Gasteiger partial charge in [0, 0.05) is 0 Å². The third kappa shape index (κ3) is 4.10. The molecule has 1 saturated heterocycles. The van der Waals surface area contributed by atoms with Crippen molar-refractivity contribution in [2.24, 2.45) is 5.92 Å². The van der Waals surface area contributed by atoms with Crippen LogP contribution in [0.5, 0.6) is 0 Å². The summed E-state index contributed by atoms with van der Waals surface area (Å²) in [5.74, 6) is 0.678. The molecule has 78 valence electrons. The minimum atomic E-state index is -0.448. The van der Waals surface area contributed by atoms with Gasteiger partial charge in [-0.25, -0.2) is 0 Å². The maximum absolute atomic E-state index is 9.94. The van der Waals surface area contributed by atoms with Crippen LogP contribution in [-0.4, -0.2) is 23.8 Å². The van der Waals surface area contributed by atoms with Gasteiger partial charge in [-0.15, -0.1) is 0 Å². The fraction of sp³-hybridized carbons (Fsp3) is 1.00. The number of hydrogen-bond donors (Lipinski definition) is 2. The Kier molecular flexibility index (Phi) is 4.20. The van der Waals surface area contributed by atoms with Crippen molar-refractivity contribution in [1.82, 2.24) is 5.32 Å². The van der Waals surface area contributed by atoms with Gasteiger partial charge < -0.3 is 10.4 Å². The normalized spacial score (nSPS) is 29.3. The molecule has 0 saturated carbocycles. The zero-order valence-corrected chi connectivity index (χ0v) is 8.97. The Bertz CT molecular complexity index is 137. The Labute approximate surface area is 81.7 Å². The number of rotatable bonds is 3. The predicted molar refractivity (Wildman–Crippen MR) is 55.7 cm³/mol. The van der Waals surface area contributed by atoms with E-state index in [0.717, 1.165) is 25.9 Å². The topological polar surface area (TPSA) is 32.3 Å². The first-order valence-electron chi connectivity index (χ1n) is 5.57. The van der Waals surface area contributed by atoms with Crippen LogP contribution in [-0.2, 0) is 0 Å². The molecule has 2 unspecified atom stereocenters. The number of aliphatic hydroxyl groups is 1. The summed E-state index contributed by atoms with van der Waals surface area (Å²) in [7, 11) is 0. The largest absolute Gasteiger partial charge is 0.390 e. The van der Waals surface area contributed by atoms with E-state index in [-0.39, 0.29) is 0 Å². The molecule has 1 aliphatic rings. The third-order valence-electron chi connectivity index (χ3n) is 3.14. The van der Waals surface area contributed by atoms with E-state index < -0.39 is 5.60 Å². The van der Waals surface area contributed by atoms with Crippen LogP contribution in [0, 0.1) is 5.92 Å². The summed E-state index contributed by atoms with van der Waals surface area (Å²) in [6.45, 7) is 6.27. The lowest BCUT2D eigenvalue weighted by molar-refractivity contribution is 0.0293. The highest BCUT2D eigenvalue weighted by atomic mass is 16.3. The van der Waals surface area contributed by atoms with Crippen molar-refractivity contribution in [1.29, 1.82) is 0 Å². The summed E-state index contributed by atoms with van der Waals surface area (Å²) in [5.41, 5.74) is -0.448. The lowest BCUT2D eigenvalue weighted by atomic mass is 9.87. The highest BCUT2D eigenvalue weighted by molar-refractivity contribution is 4.78. The van der Waals surface area contributed by atoms with Crippen LogP contribution < -0.4 is 5.32 Å². The standard InChI is InChI=1S/C11H23NO/c1-3-11(2,13)8-10-6-4-5-7-12-9-10/h10,12-13H,3-9H2,1-2H3. The first-order valence-corrected chi connectivity index (χ1v) is 5.57. The second-order valence-electron chi connectivity index (χ2n) is 4.62. The molecule has 13 heavy (non-hydrogen) atoms. The van der Waals surface area contributed by atoms with Gasteiger partial charge in [-0.1, -0.05) is 13.3 Å². The van der Waals surface area contributed by atoms with Gasteiger partial charge in [0.2, 0.25) is 0 Å². The van der Waals surface area contributed by atoms with E-state index in [2.05, 4.69) is 12.2 Å². The molecule has 0 spiro atoms. The molecular formula is C11H23NO. The van der Waals surface area contributed by atoms with Gasteiger partial charge >= 0.3 is 0 Å². The van der Waals surface area contributed by atoms with Crippen LogP contribution in [0.4, 0.5) is 0 Å². The molecule has 0 aliphatic carbocycles. The molecule has 0 aromatic carbocycles. The van der Waals surface area contributed by atoms with Gasteiger partial charge in [0.15, 0.2) is 0 Å². The lowest BCUT2D eigenvalue weighted by Crippen LogP contribution is -2.30. The minimum absolute atomic E-state index is 0.448. The molecule has 0 bridgehead atoms. The SMILES string of the molecule is CCC(C)(O)CC1CCCCNC1. The average molecular weight is 185 g/mol. The van der Waals surface area contributed by atoms with Gasteiger partial charge in [-0.3, -0.25) is 0 Å². The van der Waals surface area contributed by atoms with Crippen LogP contribution in [0.25, 0.3) is 0 Å². The quantitative estimate of drug-likeness (QED) is 0.704. The smallest absolute Gasteiger partial charge is 0.0620 e. The van der Waals surface area contributed by atoms with E-state index in [1.54, 1.807) is 0 Å². The fourth-order valence-corrected chi connectivity index (χ4v) is 2.03. The van der Waals surface area contributed by atoms with Crippen LogP contribution in [0.15, 0.2) is 0 Å². The molecule has 1 aliphatic heterocycles. The molecule has 0 aromatic rings. The summed E-state index contributed by atoms with van der Waals surface area (Å²) < 4.78 is 0. The van der Waals surface area contributed by atoms with E-state index >= 15 is 0 Å². The van der Waals surface area contributed by atoms with E-state index in [1.807, 2.05) is 6.92 Å². The Morgan fingerprint density at radius 1 is 1.46 bits per heavy atom. The zero-order valence-electron chi connectivity index (χ0n) is 8.97. The van der Waals surface area contributed by atoms with E-state index in [1.165, 1.54) is 19.3 Å². The van der Waals surface area contributed by atoms with Crippen LogP contribution in [0.1, 0.15) is 46.0 Å². The van der Waals surface area contributed by atoms with Crippen molar-refractivity contribution in [3.63, 3.8) is 0 Å². The van der Waals surface area contributed by atoms with Gasteiger partial charge in [0.1, 0.15) is 0 Å². The summed E-state index contributed by atoms with van der Waals surface area (Å²) in [4.78, 5) is 0. The Balaban J connectivity index is 2.33. The molecule has 2 N–H and O–H groups in total. The van der Waals surface area contributed by atoms with Crippen LogP contribution in [0.2, 0.25) is 0 Å². The molecule has 0 radical (unpaired) electrons. The second kappa shape index (κ2) is 4.97. The molecule has 1 fully saturated rings. The van der Waals surface area contributed by atoms with Gasteiger partial charge in [-0.2, -0.15) is 0 Å². The Morgan fingerprint density at radius 2 is 2.23 bits per heavy atom. The molecule has 2 heteroatoms. The zero-order chi connectivity index (χ0) is 9.73. The van der Waals surface area contributed by atoms with Crippen molar-refractivity contribution in [2.75, 3.05) is 13.1 Å². The van der Waals surface area contributed by atoms with E-state index in [4.69, 9.17) is 0 Å². The molecular weight excluding hydrogens is 162 g/mol. The van der Waals surface area contributed by atoms with Crippen molar-refractivity contribution in [3.8, 4) is 0 Å². The van der Waals surface area contributed by atoms with Crippen LogP contribution >= 0.6 is 0 Å². The first-order chi connectivity index (χ1) is 6.14. The van der Waals surface area contributed by atoms with E-state index in [9.17, 15) is 5.11 Å². The summed E-state index contributed by atoms with van der Waals surface area (Å²) in [6, 6.07) is 0. The third-order valence-corrected chi connectivity index (χ3v) is 3.14. The monoisotopic (exact) mass is 185 g/mol. The average Bonchev–Trinajstić information content (AvgIpc) is 2.32. The maximum atomic E-state index is 9.94. The predicted octanol–water partition coefficient (Wildman–Crippen LogP) is 1.93. The number of nitrogens with one attached hydrogen (secondary N) is 1. The summed E-state index contributed by atoms with van der Waals surface area (Å²) >= 11 is 0.